The molecule has 0 bridgehead atoms. The predicted molar refractivity (Wildman–Crippen MR) is 100 cm³/mol. The average Bonchev–Trinajstić information content (AvgIpc) is 2.69. The van der Waals surface area contributed by atoms with E-state index in [1.807, 2.05) is 0 Å². The number of aromatic hydroxyl groups is 1. The summed E-state index contributed by atoms with van der Waals surface area (Å²) < 4.78 is 18.5. The number of halogens is 1. The molecule has 6 heteroatoms. The number of ether oxygens (including phenoxy) is 1. The topological polar surface area (TPSA) is 70.9 Å². The second-order valence-electron chi connectivity index (χ2n) is 5.73. The van der Waals surface area contributed by atoms with Gasteiger partial charge in [0.1, 0.15) is 23.9 Å². The molecule has 2 N–H and O–H groups in total. The summed E-state index contributed by atoms with van der Waals surface area (Å²) in [5.74, 6) is 0.117. The van der Waals surface area contributed by atoms with E-state index >= 15 is 0 Å². The van der Waals surface area contributed by atoms with Gasteiger partial charge in [-0.3, -0.25) is 4.79 Å². The van der Waals surface area contributed by atoms with Crippen molar-refractivity contribution in [3.8, 4) is 11.5 Å². The van der Waals surface area contributed by atoms with Gasteiger partial charge >= 0.3 is 0 Å². The number of hydrogen-bond donors (Lipinski definition) is 2. The van der Waals surface area contributed by atoms with Crippen molar-refractivity contribution >= 4 is 12.1 Å². The fraction of sp³-hybridized carbons (Fsp3) is 0.0476. The smallest absolute Gasteiger partial charge is 0.271 e. The zero-order valence-electron chi connectivity index (χ0n) is 14.3. The maximum absolute atomic E-state index is 12.9. The minimum atomic E-state index is -0.370. The molecule has 0 unspecified atom stereocenters. The van der Waals surface area contributed by atoms with E-state index in [9.17, 15) is 14.3 Å². The molecular formula is C21H17FN2O3. The van der Waals surface area contributed by atoms with Gasteiger partial charge < -0.3 is 9.84 Å². The van der Waals surface area contributed by atoms with Crippen LogP contribution < -0.4 is 10.2 Å². The molecule has 0 saturated carbocycles. The van der Waals surface area contributed by atoms with Crippen LogP contribution >= 0.6 is 0 Å². The highest BCUT2D eigenvalue weighted by Crippen LogP contribution is 2.14. The summed E-state index contributed by atoms with van der Waals surface area (Å²) in [4.78, 5) is 11.9. The van der Waals surface area contributed by atoms with E-state index in [-0.39, 0.29) is 17.5 Å². The zero-order valence-corrected chi connectivity index (χ0v) is 14.3. The van der Waals surface area contributed by atoms with E-state index in [1.54, 1.807) is 36.4 Å². The molecule has 5 nitrogen and oxygen atoms in total. The van der Waals surface area contributed by atoms with Crippen LogP contribution in [0.1, 0.15) is 21.5 Å². The Labute approximate surface area is 155 Å². The van der Waals surface area contributed by atoms with Crippen LogP contribution in [0, 0.1) is 5.82 Å². The first kappa shape index (κ1) is 18.1. The second kappa shape index (κ2) is 8.62. The molecule has 3 aromatic carbocycles. The molecule has 0 aromatic heterocycles. The molecule has 0 fully saturated rings. The molecule has 0 aliphatic carbocycles. The first-order valence-electron chi connectivity index (χ1n) is 8.20. The normalized spacial score (nSPS) is 10.7. The number of phenols is 1. The quantitative estimate of drug-likeness (QED) is 0.515. The van der Waals surface area contributed by atoms with Crippen LogP contribution in [0.15, 0.2) is 77.9 Å². The number of carbonyl (C=O) groups is 1. The Morgan fingerprint density at radius 3 is 2.33 bits per heavy atom. The molecule has 0 aliphatic rings. The zero-order chi connectivity index (χ0) is 19.1. The lowest BCUT2D eigenvalue weighted by atomic mass is 10.2. The summed E-state index contributed by atoms with van der Waals surface area (Å²) in [6.07, 6.45) is 1.52. The van der Waals surface area contributed by atoms with Gasteiger partial charge in [-0.2, -0.15) is 5.10 Å². The number of hydrogen-bond acceptors (Lipinski definition) is 4. The van der Waals surface area contributed by atoms with Crippen LogP contribution in [-0.4, -0.2) is 17.2 Å². The predicted octanol–water partition coefficient (Wildman–Crippen LogP) is 3.87. The number of nitrogens with one attached hydrogen (secondary N) is 1. The monoisotopic (exact) mass is 364 g/mol. The Morgan fingerprint density at radius 1 is 1.00 bits per heavy atom. The standard InChI is InChI=1S/C21H17FN2O3/c22-18-7-1-16(2-8-18)14-27-20-11-3-15(4-12-20)13-23-24-21(26)17-5-9-19(25)10-6-17/h1-13,25H,14H2,(H,24,26)/b23-13-. The maximum Gasteiger partial charge on any atom is 0.271 e. The minimum absolute atomic E-state index is 0.0942. The lowest BCUT2D eigenvalue weighted by Gasteiger charge is -2.06. The summed E-state index contributed by atoms with van der Waals surface area (Å²) in [7, 11) is 0. The van der Waals surface area contributed by atoms with Gasteiger partial charge in [-0.25, -0.2) is 9.82 Å². The summed E-state index contributed by atoms with van der Waals surface area (Å²) in [5.41, 5.74) is 4.48. The molecule has 27 heavy (non-hydrogen) atoms. The molecule has 3 rings (SSSR count). The third-order valence-corrected chi connectivity index (χ3v) is 3.71. The van der Waals surface area contributed by atoms with Crippen LogP contribution in [-0.2, 0) is 6.61 Å². The van der Waals surface area contributed by atoms with E-state index in [4.69, 9.17) is 4.74 Å². The largest absolute Gasteiger partial charge is 0.508 e. The van der Waals surface area contributed by atoms with Crippen molar-refractivity contribution in [3.63, 3.8) is 0 Å². The average molecular weight is 364 g/mol. The van der Waals surface area contributed by atoms with Crippen molar-refractivity contribution in [2.45, 2.75) is 6.61 Å². The molecule has 1 amide bonds. The Kier molecular flexibility index (Phi) is 5.79. The van der Waals surface area contributed by atoms with Gasteiger partial charge in [0.25, 0.3) is 5.91 Å². The van der Waals surface area contributed by atoms with Gasteiger partial charge in [0.2, 0.25) is 0 Å². The van der Waals surface area contributed by atoms with Crippen molar-refractivity contribution in [1.29, 1.82) is 0 Å². The second-order valence-corrected chi connectivity index (χ2v) is 5.73. The van der Waals surface area contributed by atoms with Crippen LogP contribution in [0.5, 0.6) is 11.5 Å². The van der Waals surface area contributed by atoms with Gasteiger partial charge in [-0.15, -0.1) is 0 Å². The molecule has 0 spiro atoms. The molecular weight excluding hydrogens is 347 g/mol. The van der Waals surface area contributed by atoms with Gasteiger partial charge in [0.05, 0.1) is 6.21 Å². The SMILES string of the molecule is O=C(N/N=C\c1ccc(OCc2ccc(F)cc2)cc1)c1ccc(O)cc1. The minimum Gasteiger partial charge on any atom is -0.508 e. The summed E-state index contributed by atoms with van der Waals surface area (Å²) in [5, 5.41) is 13.1. The van der Waals surface area contributed by atoms with Crippen LogP contribution in [0.25, 0.3) is 0 Å². The summed E-state index contributed by atoms with van der Waals surface area (Å²) in [6.45, 7) is 0.344. The van der Waals surface area contributed by atoms with E-state index in [1.165, 1.54) is 42.6 Å². The number of amides is 1. The van der Waals surface area contributed by atoms with Gasteiger partial charge in [0.15, 0.2) is 0 Å². The number of benzene rings is 3. The van der Waals surface area contributed by atoms with Crippen molar-refractivity contribution in [3.05, 3.63) is 95.3 Å². The Morgan fingerprint density at radius 2 is 1.67 bits per heavy atom. The van der Waals surface area contributed by atoms with Crippen molar-refractivity contribution in [1.82, 2.24) is 5.43 Å². The van der Waals surface area contributed by atoms with E-state index in [2.05, 4.69) is 10.5 Å². The summed E-state index contributed by atoms with van der Waals surface area (Å²) in [6, 6.07) is 19.2. The molecule has 0 radical (unpaired) electrons. The first-order chi connectivity index (χ1) is 13.1. The number of rotatable bonds is 6. The highest BCUT2D eigenvalue weighted by molar-refractivity contribution is 5.94. The van der Waals surface area contributed by atoms with Crippen molar-refractivity contribution in [2.75, 3.05) is 0 Å². The Bertz CT molecular complexity index is 921. The first-order valence-corrected chi connectivity index (χ1v) is 8.20. The van der Waals surface area contributed by atoms with Gasteiger partial charge in [0, 0.05) is 5.56 Å². The molecule has 3 aromatic rings. The van der Waals surface area contributed by atoms with E-state index < -0.39 is 0 Å². The lowest BCUT2D eigenvalue weighted by Crippen LogP contribution is -2.17. The third kappa shape index (κ3) is 5.40. The van der Waals surface area contributed by atoms with Gasteiger partial charge in [-0.05, 0) is 71.8 Å². The highest BCUT2D eigenvalue weighted by Gasteiger charge is 2.03. The van der Waals surface area contributed by atoms with Gasteiger partial charge in [-0.1, -0.05) is 12.1 Å². The fourth-order valence-electron chi connectivity index (χ4n) is 2.24. The number of phenolic OH excluding ortho intramolecular Hbond substituents is 1. The number of nitrogens with zero attached hydrogens (tertiary/aromatic N) is 1. The van der Waals surface area contributed by atoms with E-state index in [0.717, 1.165) is 11.1 Å². The molecule has 0 atom stereocenters. The third-order valence-electron chi connectivity index (χ3n) is 3.71. The lowest BCUT2D eigenvalue weighted by molar-refractivity contribution is 0.0955. The molecule has 0 heterocycles. The molecule has 0 saturated heterocycles. The van der Waals surface area contributed by atoms with Crippen LogP contribution in [0.3, 0.4) is 0 Å². The van der Waals surface area contributed by atoms with Crippen LogP contribution in [0.2, 0.25) is 0 Å². The van der Waals surface area contributed by atoms with Crippen molar-refractivity contribution in [2.24, 2.45) is 5.10 Å². The Balaban J connectivity index is 1.50. The Hall–Kier alpha value is -3.67. The highest BCUT2D eigenvalue weighted by atomic mass is 19.1. The fourth-order valence-corrected chi connectivity index (χ4v) is 2.24. The number of carbonyl (C=O) groups excluding carboxylic acids is 1. The molecule has 0 aliphatic heterocycles. The maximum atomic E-state index is 12.9. The van der Waals surface area contributed by atoms with Crippen molar-refractivity contribution < 1.29 is 19.0 Å². The van der Waals surface area contributed by atoms with E-state index in [0.29, 0.717) is 17.9 Å². The number of hydrazone groups is 1. The summed E-state index contributed by atoms with van der Waals surface area (Å²) >= 11 is 0. The molecule has 136 valence electrons. The van der Waals surface area contributed by atoms with Crippen LogP contribution in [0.4, 0.5) is 4.39 Å².